The number of thioether (sulfide) groups is 1. The zero-order valence-corrected chi connectivity index (χ0v) is 21.2. The lowest BCUT2D eigenvalue weighted by Crippen LogP contribution is -2.33. The Labute approximate surface area is 206 Å². The first-order chi connectivity index (χ1) is 16.5. The Balaban J connectivity index is 1.75. The van der Waals surface area contributed by atoms with Crippen LogP contribution in [-0.4, -0.2) is 57.0 Å². The lowest BCUT2D eigenvalue weighted by Gasteiger charge is -2.24. The zero-order valence-electron chi connectivity index (χ0n) is 19.5. The largest absolute Gasteiger partial charge is 0.463 e. The van der Waals surface area contributed by atoms with Crippen molar-refractivity contribution in [3.8, 4) is 5.75 Å². The number of hydrogen-bond acceptors (Lipinski definition) is 10. The Morgan fingerprint density at radius 3 is 2.60 bits per heavy atom. The summed E-state index contributed by atoms with van der Waals surface area (Å²) < 4.78 is 46.1. The number of halogens is 1. The maximum Gasteiger partial charge on any atom is 0.380 e. The summed E-state index contributed by atoms with van der Waals surface area (Å²) in [5.74, 6) is -1.11. The van der Waals surface area contributed by atoms with E-state index in [0.717, 1.165) is 16.3 Å². The normalized spacial score (nSPS) is 24.6. The number of benzene rings is 1. The molecule has 1 aromatic heterocycles. The van der Waals surface area contributed by atoms with E-state index in [0.29, 0.717) is 0 Å². The van der Waals surface area contributed by atoms with Crippen molar-refractivity contribution in [1.29, 1.82) is 0 Å². The molecule has 0 saturated carbocycles. The number of nitrogens with zero attached hydrogens (tertiary/aromatic N) is 2. The predicted octanol–water partition coefficient (Wildman–Crippen LogP) is 3.01. The second-order valence-corrected chi connectivity index (χ2v) is 11.8. The molecule has 35 heavy (non-hydrogen) atoms. The minimum Gasteiger partial charge on any atom is -0.463 e. The highest BCUT2D eigenvalue weighted by Gasteiger charge is 2.46. The second-order valence-electron chi connectivity index (χ2n) is 8.42. The van der Waals surface area contributed by atoms with E-state index in [1.807, 2.05) is 0 Å². The summed E-state index contributed by atoms with van der Waals surface area (Å²) in [5, 5.41) is 8.50. The van der Waals surface area contributed by atoms with Crippen molar-refractivity contribution in [2.45, 2.75) is 49.8 Å². The molecule has 0 bridgehead atoms. The second kappa shape index (κ2) is 11.6. The van der Waals surface area contributed by atoms with Crippen LogP contribution in [0.1, 0.15) is 26.1 Å². The zero-order chi connectivity index (χ0) is 25.8. The summed E-state index contributed by atoms with van der Waals surface area (Å²) in [7, 11) is -3.95. The van der Waals surface area contributed by atoms with E-state index in [1.165, 1.54) is 12.3 Å². The number of alkyl halides is 1. The fourth-order valence-electron chi connectivity index (χ4n) is 3.39. The molecule has 6 atom stereocenters. The smallest absolute Gasteiger partial charge is 0.380 e. The van der Waals surface area contributed by atoms with Gasteiger partial charge in [0.25, 0.3) is 0 Å². The predicted molar refractivity (Wildman–Crippen MR) is 130 cm³/mol. The molecule has 192 valence electrons. The van der Waals surface area contributed by atoms with Gasteiger partial charge < -0.3 is 20.1 Å². The van der Waals surface area contributed by atoms with Gasteiger partial charge in [0.2, 0.25) is 0 Å². The number of ether oxygens (including phenoxy) is 1. The topological polar surface area (TPSA) is 143 Å². The molecule has 1 aliphatic rings. The van der Waals surface area contributed by atoms with Gasteiger partial charge in [-0.1, -0.05) is 25.1 Å². The molecule has 0 spiro atoms. The third-order valence-corrected chi connectivity index (χ3v) is 8.65. The maximum absolute atomic E-state index is 14.9. The average Bonchev–Trinajstić information content (AvgIpc) is 3.06. The number of carbonyl (C=O) groups is 1. The molecule has 0 radical (unpaired) electrons. The molecular formula is C22H29FN3O7PS. The Morgan fingerprint density at radius 1 is 1.29 bits per heavy atom. The number of aliphatic hydroxyl groups excluding tert-OH is 1. The molecule has 0 aliphatic carbocycles. The van der Waals surface area contributed by atoms with Gasteiger partial charge in [0.15, 0.2) is 6.17 Å². The van der Waals surface area contributed by atoms with Gasteiger partial charge in [0.05, 0.1) is 30.0 Å². The van der Waals surface area contributed by atoms with E-state index in [4.69, 9.17) is 19.5 Å². The van der Waals surface area contributed by atoms with E-state index in [-0.39, 0.29) is 30.4 Å². The summed E-state index contributed by atoms with van der Waals surface area (Å²) in [6, 6.07) is 9.64. The van der Waals surface area contributed by atoms with Crippen LogP contribution in [0.25, 0.3) is 0 Å². The molecule has 1 aliphatic heterocycles. The quantitative estimate of drug-likeness (QED) is 0.348. The van der Waals surface area contributed by atoms with Crippen LogP contribution >= 0.6 is 19.4 Å². The van der Waals surface area contributed by atoms with Gasteiger partial charge in [-0.3, -0.25) is 13.9 Å². The fraction of sp³-hybridized carbons (Fsp3) is 0.500. The Kier molecular flexibility index (Phi) is 8.98. The molecule has 2 aromatic rings. The number of anilines is 1. The standard InChI is InChI=1S/C22H29FN3O7PS/c1-13(2)32-21(28)14(3)12-34(30,33-15-7-5-4-6-8-15)31-11-16-19(27)18(23)20(35-16)26-10-9-17(24)25-22(26)29/h4-10,13-14,16,18-20,27H,11-12H2,1-3H3,(H2,24,25,29)/t14-,16-,18+,19-,20-,34+/m1/s1. The van der Waals surface area contributed by atoms with Gasteiger partial charge in [-0.05, 0) is 32.0 Å². The minimum atomic E-state index is -3.95. The minimum absolute atomic E-state index is 0.00537. The number of hydrogen-bond donors (Lipinski definition) is 2. The molecular weight excluding hydrogens is 500 g/mol. The van der Waals surface area contributed by atoms with Crippen molar-refractivity contribution in [1.82, 2.24) is 9.55 Å². The number of aromatic nitrogens is 2. The Morgan fingerprint density at radius 2 is 1.97 bits per heavy atom. The lowest BCUT2D eigenvalue weighted by molar-refractivity contribution is -0.151. The van der Waals surface area contributed by atoms with E-state index in [9.17, 15) is 23.7 Å². The van der Waals surface area contributed by atoms with E-state index < -0.39 is 48.1 Å². The van der Waals surface area contributed by atoms with Gasteiger partial charge in [0.1, 0.15) is 23.0 Å². The number of rotatable bonds is 10. The first-order valence-corrected chi connectivity index (χ1v) is 13.7. The van der Waals surface area contributed by atoms with Crippen LogP contribution in [0.15, 0.2) is 47.4 Å². The number of aliphatic hydroxyl groups is 1. The van der Waals surface area contributed by atoms with Crippen LogP contribution in [0.5, 0.6) is 5.75 Å². The van der Waals surface area contributed by atoms with Crippen LogP contribution in [0, 0.1) is 5.92 Å². The Hall–Kier alpha value is -2.40. The van der Waals surface area contributed by atoms with Crippen LogP contribution < -0.4 is 15.9 Å². The SMILES string of the molecule is CC(C)OC(=O)[C@H](C)C[P@](=O)(OC[C@H]1S[C@@H](n2ccc(N)nc2=O)[C@@H](F)[C@@H]1O)Oc1ccccc1. The third-order valence-electron chi connectivity index (χ3n) is 5.09. The first kappa shape index (κ1) is 27.2. The molecule has 0 unspecified atom stereocenters. The molecule has 10 nitrogen and oxygen atoms in total. The van der Waals surface area contributed by atoms with E-state index >= 15 is 0 Å². The molecule has 3 N–H and O–H groups in total. The molecule has 13 heteroatoms. The highest BCUT2D eigenvalue weighted by molar-refractivity contribution is 8.00. The summed E-state index contributed by atoms with van der Waals surface area (Å²) in [6.45, 7) is 4.59. The third kappa shape index (κ3) is 7.07. The molecule has 1 fully saturated rings. The van der Waals surface area contributed by atoms with Crippen LogP contribution in [-0.2, 0) is 18.6 Å². The molecule has 3 rings (SSSR count). The molecule has 1 aromatic carbocycles. The molecule has 1 saturated heterocycles. The van der Waals surface area contributed by atoms with Crippen molar-refractivity contribution in [3.63, 3.8) is 0 Å². The van der Waals surface area contributed by atoms with Gasteiger partial charge in [-0.25, -0.2) is 13.8 Å². The highest BCUT2D eigenvalue weighted by atomic mass is 32.2. The van der Waals surface area contributed by atoms with Crippen molar-refractivity contribution in [3.05, 3.63) is 53.1 Å². The highest BCUT2D eigenvalue weighted by Crippen LogP contribution is 2.52. The molecule has 2 heterocycles. The van der Waals surface area contributed by atoms with E-state index in [1.54, 1.807) is 51.1 Å². The van der Waals surface area contributed by atoms with Crippen LogP contribution in [0.3, 0.4) is 0 Å². The number of nitrogens with two attached hydrogens (primary N) is 1. The number of nitrogen functional groups attached to an aromatic ring is 1. The lowest BCUT2D eigenvalue weighted by atomic mass is 10.1. The van der Waals surface area contributed by atoms with Crippen LogP contribution in [0.4, 0.5) is 10.2 Å². The van der Waals surface area contributed by atoms with Gasteiger partial charge >= 0.3 is 19.3 Å². The molecule has 0 amide bonds. The summed E-state index contributed by atoms with van der Waals surface area (Å²) in [6.07, 6.45) is -2.66. The van der Waals surface area contributed by atoms with Crippen LogP contribution in [0.2, 0.25) is 0 Å². The van der Waals surface area contributed by atoms with Gasteiger partial charge in [0, 0.05) is 6.20 Å². The van der Waals surface area contributed by atoms with Crippen molar-refractivity contribution in [2.24, 2.45) is 5.92 Å². The first-order valence-electron chi connectivity index (χ1n) is 11.0. The number of esters is 1. The number of carbonyl (C=O) groups excluding carboxylic acids is 1. The van der Waals surface area contributed by atoms with Crippen molar-refractivity contribution < 1.29 is 32.6 Å². The Bertz CT molecular complexity index is 1120. The van der Waals surface area contributed by atoms with Gasteiger partial charge in [-0.15, -0.1) is 11.8 Å². The monoisotopic (exact) mass is 529 g/mol. The summed E-state index contributed by atoms with van der Waals surface area (Å²) >= 11 is 0.944. The summed E-state index contributed by atoms with van der Waals surface area (Å²) in [4.78, 5) is 28.0. The number of para-hydroxylation sites is 1. The summed E-state index contributed by atoms with van der Waals surface area (Å²) in [5.41, 5.74) is 4.73. The fourth-order valence-corrected chi connectivity index (χ4v) is 6.79. The van der Waals surface area contributed by atoms with Crippen molar-refractivity contribution >= 4 is 31.1 Å². The maximum atomic E-state index is 14.9. The van der Waals surface area contributed by atoms with E-state index in [2.05, 4.69) is 4.98 Å². The van der Waals surface area contributed by atoms with Gasteiger partial charge in [-0.2, -0.15) is 4.98 Å². The van der Waals surface area contributed by atoms with Crippen molar-refractivity contribution in [2.75, 3.05) is 18.5 Å². The average molecular weight is 530 g/mol.